The number of carbonyl (C=O) groups is 5. The molecular weight excluding hydrogens is 414 g/mol. The van der Waals surface area contributed by atoms with Crippen molar-refractivity contribution in [2.75, 3.05) is 6.54 Å². The van der Waals surface area contributed by atoms with Crippen LogP contribution in [0.15, 0.2) is 0 Å². The highest BCUT2D eigenvalue weighted by Crippen LogP contribution is 2.03. The van der Waals surface area contributed by atoms with Gasteiger partial charge in [-0.05, 0) is 46.1 Å². The van der Waals surface area contributed by atoms with E-state index < -0.39 is 59.9 Å². The lowest BCUT2D eigenvalue weighted by Crippen LogP contribution is -2.59. The average molecular weight is 447 g/mol. The first-order valence-corrected chi connectivity index (χ1v) is 9.90. The number of aliphatic carboxylic acids is 2. The third-order valence-corrected chi connectivity index (χ3v) is 4.38. The number of rotatable bonds is 15. The Morgan fingerprint density at radius 1 is 0.871 bits per heavy atom. The van der Waals surface area contributed by atoms with Gasteiger partial charge in [0.25, 0.3) is 0 Å². The van der Waals surface area contributed by atoms with Gasteiger partial charge >= 0.3 is 11.9 Å². The first-order chi connectivity index (χ1) is 14.4. The van der Waals surface area contributed by atoms with Gasteiger partial charge in [0.15, 0.2) is 0 Å². The Hall–Kier alpha value is -2.77. The van der Waals surface area contributed by atoms with Gasteiger partial charge in [0.1, 0.15) is 18.1 Å². The van der Waals surface area contributed by atoms with Crippen LogP contribution in [-0.4, -0.2) is 81.8 Å². The van der Waals surface area contributed by atoms with E-state index in [9.17, 15) is 34.2 Å². The molecule has 0 radical (unpaired) electrons. The van der Waals surface area contributed by atoms with Gasteiger partial charge in [-0.3, -0.25) is 19.2 Å². The molecule has 0 fully saturated rings. The minimum atomic E-state index is -1.46. The number of nitrogens with one attached hydrogen (secondary N) is 3. The number of aliphatic hydroxyl groups is 1. The lowest BCUT2D eigenvalue weighted by Gasteiger charge is -2.25. The Labute approximate surface area is 179 Å². The maximum Gasteiger partial charge on any atom is 0.326 e. The minimum Gasteiger partial charge on any atom is -0.481 e. The van der Waals surface area contributed by atoms with Crippen molar-refractivity contribution in [3.63, 3.8) is 0 Å². The molecule has 0 aliphatic carbocycles. The second-order valence-electron chi connectivity index (χ2n) is 7.18. The van der Waals surface area contributed by atoms with E-state index in [1.807, 2.05) is 0 Å². The number of aliphatic hydroxyl groups excluding tert-OH is 1. The zero-order chi connectivity index (χ0) is 24.1. The lowest BCUT2D eigenvalue weighted by atomic mass is 10.1. The highest BCUT2D eigenvalue weighted by Gasteiger charge is 2.30. The molecule has 13 heteroatoms. The molecule has 0 heterocycles. The van der Waals surface area contributed by atoms with Crippen molar-refractivity contribution in [1.29, 1.82) is 0 Å². The quantitative estimate of drug-likeness (QED) is 0.120. The summed E-state index contributed by atoms with van der Waals surface area (Å²) in [6.45, 7) is 2.93. The molecule has 178 valence electrons. The monoisotopic (exact) mass is 447 g/mol. The molecule has 10 N–H and O–H groups in total. The van der Waals surface area contributed by atoms with E-state index in [2.05, 4.69) is 16.0 Å². The van der Waals surface area contributed by atoms with Crippen molar-refractivity contribution in [2.24, 2.45) is 11.5 Å². The van der Waals surface area contributed by atoms with Gasteiger partial charge in [0, 0.05) is 6.42 Å². The molecule has 0 aliphatic heterocycles. The van der Waals surface area contributed by atoms with E-state index in [1.54, 1.807) is 0 Å². The van der Waals surface area contributed by atoms with E-state index in [1.165, 1.54) is 13.8 Å². The molecule has 13 nitrogen and oxygen atoms in total. The number of carboxylic acids is 2. The Morgan fingerprint density at radius 2 is 1.48 bits per heavy atom. The molecular formula is C18H33N5O8. The van der Waals surface area contributed by atoms with Crippen LogP contribution in [0.2, 0.25) is 0 Å². The zero-order valence-corrected chi connectivity index (χ0v) is 17.7. The lowest BCUT2D eigenvalue weighted by molar-refractivity contribution is -0.142. The summed E-state index contributed by atoms with van der Waals surface area (Å²) in [5.74, 6) is -4.87. The maximum absolute atomic E-state index is 12.4. The Bertz CT molecular complexity index is 642. The third-order valence-electron chi connectivity index (χ3n) is 4.38. The van der Waals surface area contributed by atoms with E-state index in [4.69, 9.17) is 16.6 Å². The van der Waals surface area contributed by atoms with Crippen molar-refractivity contribution in [3.05, 3.63) is 0 Å². The van der Waals surface area contributed by atoms with Gasteiger partial charge in [0.05, 0.1) is 12.1 Å². The summed E-state index contributed by atoms with van der Waals surface area (Å²) in [6.07, 6.45) is -0.626. The van der Waals surface area contributed by atoms with Crippen LogP contribution in [0.3, 0.4) is 0 Å². The van der Waals surface area contributed by atoms with Gasteiger partial charge in [-0.2, -0.15) is 0 Å². The molecule has 0 aromatic rings. The molecule has 0 spiro atoms. The first kappa shape index (κ1) is 28.2. The van der Waals surface area contributed by atoms with E-state index in [0.29, 0.717) is 19.4 Å². The van der Waals surface area contributed by atoms with Crippen molar-refractivity contribution >= 4 is 29.7 Å². The van der Waals surface area contributed by atoms with Gasteiger partial charge in [-0.25, -0.2) is 4.79 Å². The van der Waals surface area contributed by atoms with E-state index in [-0.39, 0.29) is 19.3 Å². The van der Waals surface area contributed by atoms with Crippen LogP contribution in [-0.2, 0) is 24.0 Å². The first-order valence-electron chi connectivity index (χ1n) is 9.90. The van der Waals surface area contributed by atoms with Crippen LogP contribution in [0.4, 0.5) is 0 Å². The van der Waals surface area contributed by atoms with Gasteiger partial charge in [-0.1, -0.05) is 0 Å². The average Bonchev–Trinajstić information content (AvgIpc) is 2.68. The minimum absolute atomic E-state index is 0.166. The van der Waals surface area contributed by atoms with Gasteiger partial charge in [-0.15, -0.1) is 0 Å². The molecule has 0 bridgehead atoms. The molecule has 0 aromatic carbocycles. The number of nitrogens with two attached hydrogens (primary N) is 2. The Kier molecular flexibility index (Phi) is 13.0. The van der Waals surface area contributed by atoms with Gasteiger partial charge < -0.3 is 42.7 Å². The summed E-state index contributed by atoms with van der Waals surface area (Å²) in [5.41, 5.74) is 10.9. The van der Waals surface area contributed by atoms with E-state index in [0.717, 1.165) is 0 Å². The number of hydrogen-bond donors (Lipinski definition) is 8. The zero-order valence-electron chi connectivity index (χ0n) is 17.7. The van der Waals surface area contributed by atoms with Crippen LogP contribution in [0.25, 0.3) is 0 Å². The Balaban J connectivity index is 4.91. The normalized spacial score (nSPS) is 15.6. The second kappa shape index (κ2) is 14.3. The third kappa shape index (κ3) is 11.3. The standard InChI is InChI=1S/C18H33N5O8/c1-9(15(27)22-12(18(30)31)5-3-4-8-19)21-17(29)14(10(2)24)23-16(28)11(20)6-7-13(25)26/h9-12,14,24H,3-8,19-20H2,1-2H3,(H,21,29)(H,22,27)(H,23,28)(H,25,26)(H,30,31). The molecule has 5 atom stereocenters. The molecule has 31 heavy (non-hydrogen) atoms. The number of carbonyl (C=O) groups excluding carboxylic acids is 3. The van der Waals surface area contributed by atoms with Crippen LogP contribution >= 0.6 is 0 Å². The highest BCUT2D eigenvalue weighted by molar-refractivity contribution is 5.94. The number of carboxylic acid groups (broad SMARTS) is 2. The molecule has 0 aliphatic rings. The summed E-state index contributed by atoms with van der Waals surface area (Å²) in [6, 6.07) is -4.99. The summed E-state index contributed by atoms with van der Waals surface area (Å²) < 4.78 is 0. The fourth-order valence-electron chi connectivity index (χ4n) is 2.49. The van der Waals surface area contributed by atoms with Crippen LogP contribution < -0.4 is 27.4 Å². The predicted molar refractivity (Wildman–Crippen MR) is 109 cm³/mol. The molecule has 5 unspecified atom stereocenters. The summed E-state index contributed by atoms with van der Waals surface area (Å²) in [7, 11) is 0. The van der Waals surface area contributed by atoms with Crippen LogP contribution in [0.5, 0.6) is 0 Å². The van der Waals surface area contributed by atoms with Gasteiger partial charge in [0.2, 0.25) is 17.7 Å². The number of hydrogen-bond acceptors (Lipinski definition) is 8. The smallest absolute Gasteiger partial charge is 0.326 e. The number of unbranched alkanes of at least 4 members (excludes halogenated alkanes) is 1. The highest BCUT2D eigenvalue weighted by atomic mass is 16.4. The summed E-state index contributed by atoms with van der Waals surface area (Å²) in [5, 5.41) is 34.5. The molecule has 0 rings (SSSR count). The SMILES string of the molecule is CC(NC(=O)C(NC(=O)C(N)CCC(=O)O)C(C)O)C(=O)NC(CCCCN)C(=O)O. The molecule has 0 saturated heterocycles. The molecule has 0 saturated carbocycles. The van der Waals surface area contributed by atoms with Crippen molar-refractivity contribution < 1.29 is 39.3 Å². The van der Waals surface area contributed by atoms with Crippen LogP contribution in [0, 0.1) is 0 Å². The molecule has 0 aromatic heterocycles. The van der Waals surface area contributed by atoms with Crippen molar-refractivity contribution in [3.8, 4) is 0 Å². The summed E-state index contributed by atoms with van der Waals surface area (Å²) in [4.78, 5) is 58.6. The topological polar surface area (TPSA) is 234 Å². The Morgan fingerprint density at radius 3 is 1.97 bits per heavy atom. The van der Waals surface area contributed by atoms with E-state index >= 15 is 0 Å². The second-order valence-corrected chi connectivity index (χ2v) is 7.18. The molecule has 3 amide bonds. The predicted octanol–water partition coefficient (Wildman–Crippen LogP) is -2.75. The fourth-order valence-corrected chi connectivity index (χ4v) is 2.49. The van der Waals surface area contributed by atoms with Crippen molar-refractivity contribution in [2.45, 2.75) is 76.2 Å². The maximum atomic E-state index is 12.4. The van der Waals surface area contributed by atoms with Crippen molar-refractivity contribution in [1.82, 2.24) is 16.0 Å². The summed E-state index contributed by atoms with van der Waals surface area (Å²) >= 11 is 0. The fraction of sp³-hybridized carbons (Fsp3) is 0.722. The van der Waals surface area contributed by atoms with Crippen LogP contribution in [0.1, 0.15) is 46.0 Å². The largest absolute Gasteiger partial charge is 0.481 e. The number of amides is 3.